The number of carboxylic acids is 2. The van der Waals surface area contributed by atoms with Crippen LogP contribution in [0.15, 0.2) is 30.6 Å². The van der Waals surface area contributed by atoms with Gasteiger partial charge in [0.25, 0.3) is 0 Å². The van der Waals surface area contributed by atoms with Gasteiger partial charge in [-0.05, 0) is 74.8 Å². The highest BCUT2D eigenvalue weighted by Crippen LogP contribution is 2.34. The Morgan fingerprint density at radius 2 is 1.50 bits per heavy atom. The van der Waals surface area contributed by atoms with E-state index in [1.165, 1.54) is 50.1 Å². The first-order chi connectivity index (χ1) is 14.4. The fourth-order valence-electron chi connectivity index (χ4n) is 4.24. The highest BCUT2D eigenvalue weighted by molar-refractivity contribution is 5.88. The van der Waals surface area contributed by atoms with Crippen molar-refractivity contribution in [3.63, 3.8) is 0 Å². The average Bonchev–Trinajstić information content (AvgIpc) is 3.42. The van der Waals surface area contributed by atoms with Gasteiger partial charge in [0.1, 0.15) is 0 Å². The van der Waals surface area contributed by atoms with E-state index in [9.17, 15) is 9.59 Å². The van der Waals surface area contributed by atoms with Crippen LogP contribution in [-0.2, 0) is 0 Å². The molecule has 0 bridgehead atoms. The second-order valence-electron chi connectivity index (χ2n) is 8.03. The fraction of sp³-hybridized carbons (Fsp3) is 0.417. The summed E-state index contributed by atoms with van der Waals surface area (Å²) in [5.74, 6) is -1.27. The average molecular weight is 408 g/mol. The number of aromatic carboxylic acids is 2. The van der Waals surface area contributed by atoms with Gasteiger partial charge in [0.2, 0.25) is 0 Å². The number of hydrogen-bond donors (Lipinski definition) is 2. The van der Waals surface area contributed by atoms with E-state index < -0.39 is 11.9 Å². The quantitative estimate of drug-likeness (QED) is 0.702. The highest BCUT2D eigenvalue weighted by Gasteiger charge is 2.20. The third-order valence-electron chi connectivity index (χ3n) is 5.78. The second-order valence-corrected chi connectivity index (χ2v) is 8.03. The number of hydrogen-bond acceptors (Lipinski definition) is 4. The topological polar surface area (TPSA) is 100 Å². The molecule has 2 aromatic rings. The molecule has 0 spiro atoms. The molecule has 0 unspecified atom stereocenters. The molecule has 0 saturated heterocycles. The molecule has 158 valence electrons. The first-order valence-electron chi connectivity index (χ1n) is 10.5. The molecule has 2 heterocycles. The number of aryl methyl sites for hydroxylation is 2. The Balaban J connectivity index is 0.000000171. The number of pyridine rings is 2. The lowest BCUT2D eigenvalue weighted by Gasteiger charge is -2.11. The van der Waals surface area contributed by atoms with Gasteiger partial charge in [-0.25, -0.2) is 9.59 Å². The summed E-state index contributed by atoms with van der Waals surface area (Å²) in [5, 5.41) is 17.6. The minimum atomic E-state index is -0.919. The number of carbonyl (C=O) groups is 2. The summed E-state index contributed by atoms with van der Waals surface area (Å²) in [7, 11) is 0. The van der Waals surface area contributed by atoms with Gasteiger partial charge >= 0.3 is 11.9 Å². The van der Waals surface area contributed by atoms with E-state index in [1.54, 1.807) is 12.1 Å². The molecule has 4 rings (SSSR count). The maximum atomic E-state index is 10.7. The van der Waals surface area contributed by atoms with E-state index in [4.69, 9.17) is 10.2 Å². The van der Waals surface area contributed by atoms with Crippen molar-refractivity contribution in [1.82, 2.24) is 9.97 Å². The van der Waals surface area contributed by atoms with Crippen LogP contribution < -0.4 is 0 Å². The maximum Gasteiger partial charge on any atom is 0.337 e. The number of carboxylic acid groups (broad SMARTS) is 2. The minimum Gasteiger partial charge on any atom is -0.478 e. The van der Waals surface area contributed by atoms with Crippen LogP contribution in [0.1, 0.15) is 94.1 Å². The molecule has 1 fully saturated rings. The molecular weight excluding hydrogens is 380 g/mol. The van der Waals surface area contributed by atoms with Crippen molar-refractivity contribution in [3.8, 4) is 0 Å². The number of nitrogens with zero attached hydrogens (tertiary/aromatic N) is 2. The van der Waals surface area contributed by atoms with E-state index in [-0.39, 0.29) is 11.1 Å². The molecule has 0 radical (unpaired) electrons. The fourth-order valence-corrected chi connectivity index (χ4v) is 4.24. The molecule has 1 saturated carbocycles. The summed E-state index contributed by atoms with van der Waals surface area (Å²) in [4.78, 5) is 30.0. The second kappa shape index (κ2) is 9.65. The van der Waals surface area contributed by atoms with E-state index in [1.807, 2.05) is 13.8 Å². The lowest BCUT2D eigenvalue weighted by Crippen LogP contribution is -2.04. The summed E-state index contributed by atoms with van der Waals surface area (Å²) in [6.45, 7) is 3.86. The maximum absolute atomic E-state index is 10.7. The first kappa shape index (κ1) is 21.7. The van der Waals surface area contributed by atoms with Crippen molar-refractivity contribution >= 4 is 17.5 Å². The molecule has 2 N–H and O–H groups in total. The Morgan fingerprint density at radius 3 is 2.00 bits per heavy atom. The van der Waals surface area contributed by atoms with Gasteiger partial charge < -0.3 is 10.2 Å². The van der Waals surface area contributed by atoms with Crippen LogP contribution in [0.4, 0.5) is 0 Å². The minimum absolute atomic E-state index is 0.259. The van der Waals surface area contributed by atoms with Crippen LogP contribution in [0.5, 0.6) is 0 Å². The Hall–Kier alpha value is -3.02. The SMILES string of the molecule is Cc1cc(C(=O)O)cnc1C1=CCCC1.Cc1cc(C(=O)O)cnc1C1CCCC1. The third kappa shape index (κ3) is 5.12. The largest absolute Gasteiger partial charge is 0.478 e. The molecule has 0 amide bonds. The molecular formula is C24H28N2O4. The van der Waals surface area contributed by atoms with Crippen molar-refractivity contribution in [2.75, 3.05) is 0 Å². The summed E-state index contributed by atoms with van der Waals surface area (Å²) in [6.07, 6.45) is 13.4. The van der Waals surface area contributed by atoms with E-state index in [0.29, 0.717) is 5.92 Å². The van der Waals surface area contributed by atoms with Gasteiger partial charge in [0, 0.05) is 24.0 Å². The monoisotopic (exact) mass is 408 g/mol. The molecule has 0 aliphatic heterocycles. The number of allylic oxidation sites excluding steroid dienone is 2. The molecule has 6 heteroatoms. The molecule has 2 aliphatic rings. The number of rotatable bonds is 4. The van der Waals surface area contributed by atoms with E-state index in [0.717, 1.165) is 35.4 Å². The molecule has 6 nitrogen and oxygen atoms in total. The first-order valence-corrected chi connectivity index (χ1v) is 10.5. The zero-order valence-corrected chi connectivity index (χ0v) is 17.5. The van der Waals surface area contributed by atoms with Crippen molar-refractivity contribution in [2.45, 2.75) is 64.7 Å². The van der Waals surface area contributed by atoms with Gasteiger partial charge in [-0.3, -0.25) is 9.97 Å². The highest BCUT2D eigenvalue weighted by atomic mass is 16.4. The zero-order chi connectivity index (χ0) is 21.7. The van der Waals surface area contributed by atoms with E-state index >= 15 is 0 Å². The molecule has 0 aromatic carbocycles. The summed E-state index contributed by atoms with van der Waals surface area (Å²) >= 11 is 0. The van der Waals surface area contributed by atoms with Crippen molar-refractivity contribution in [1.29, 1.82) is 0 Å². The van der Waals surface area contributed by atoms with Crippen molar-refractivity contribution < 1.29 is 19.8 Å². The summed E-state index contributed by atoms with van der Waals surface area (Å²) < 4.78 is 0. The third-order valence-corrected chi connectivity index (χ3v) is 5.78. The number of aromatic nitrogens is 2. The Bertz CT molecular complexity index is 975. The Morgan fingerprint density at radius 1 is 0.900 bits per heavy atom. The van der Waals surface area contributed by atoms with E-state index in [2.05, 4.69) is 16.0 Å². The Kier molecular flexibility index (Phi) is 6.98. The van der Waals surface area contributed by atoms with Gasteiger partial charge in [0.15, 0.2) is 0 Å². The normalized spacial score (nSPS) is 16.0. The van der Waals surface area contributed by atoms with Crippen LogP contribution in [-0.4, -0.2) is 32.1 Å². The predicted octanol–water partition coefficient (Wildman–Crippen LogP) is 5.40. The van der Waals surface area contributed by atoms with Crippen LogP contribution in [0, 0.1) is 13.8 Å². The van der Waals surface area contributed by atoms with Crippen LogP contribution in [0.3, 0.4) is 0 Å². The van der Waals surface area contributed by atoms with Crippen molar-refractivity contribution in [3.05, 3.63) is 64.2 Å². The summed E-state index contributed by atoms with van der Waals surface area (Å²) in [5.41, 5.74) is 5.81. The lowest BCUT2D eigenvalue weighted by atomic mass is 9.98. The van der Waals surface area contributed by atoms with Crippen LogP contribution >= 0.6 is 0 Å². The van der Waals surface area contributed by atoms with Gasteiger partial charge in [-0.2, -0.15) is 0 Å². The van der Waals surface area contributed by atoms with Crippen LogP contribution in [0.25, 0.3) is 5.57 Å². The van der Waals surface area contributed by atoms with Gasteiger partial charge in [-0.1, -0.05) is 18.9 Å². The Labute approximate surface area is 176 Å². The lowest BCUT2D eigenvalue weighted by molar-refractivity contribution is 0.0685. The van der Waals surface area contributed by atoms with Crippen LogP contribution in [0.2, 0.25) is 0 Å². The summed E-state index contributed by atoms with van der Waals surface area (Å²) in [6, 6.07) is 3.41. The molecule has 2 aliphatic carbocycles. The molecule has 0 atom stereocenters. The molecule has 30 heavy (non-hydrogen) atoms. The smallest absolute Gasteiger partial charge is 0.337 e. The van der Waals surface area contributed by atoms with Gasteiger partial charge in [0.05, 0.1) is 16.8 Å². The van der Waals surface area contributed by atoms with Crippen molar-refractivity contribution in [2.24, 2.45) is 0 Å². The van der Waals surface area contributed by atoms with Gasteiger partial charge in [-0.15, -0.1) is 0 Å². The molecule has 2 aromatic heterocycles. The zero-order valence-electron chi connectivity index (χ0n) is 17.5. The predicted molar refractivity (Wildman–Crippen MR) is 115 cm³/mol. The standard InChI is InChI=1S/C12H15NO2.C12H13NO2/c2*1-8-6-10(12(14)15)7-13-11(8)9-4-2-3-5-9/h6-7,9H,2-5H2,1H3,(H,14,15);4,6-7H,2-3,5H2,1H3,(H,14,15).